The van der Waals surface area contributed by atoms with E-state index in [9.17, 15) is 0 Å². The van der Waals surface area contributed by atoms with E-state index in [-0.39, 0.29) is 6.04 Å². The molecule has 0 aliphatic heterocycles. The first kappa shape index (κ1) is 10.8. The van der Waals surface area contributed by atoms with E-state index in [2.05, 4.69) is 13.5 Å². The van der Waals surface area contributed by atoms with Gasteiger partial charge in [0.05, 0.1) is 11.7 Å². The second-order valence-corrected chi connectivity index (χ2v) is 3.33. The van der Waals surface area contributed by atoms with E-state index < -0.39 is 0 Å². The molecule has 0 amide bonds. The van der Waals surface area contributed by atoms with Crippen molar-refractivity contribution in [2.45, 2.75) is 25.8 Å². The van der Waals surface area contributed by atoms with Crippen LogP contribution < -0.4 is 10.9 Å². The fraction of sp³-hybridized carbons (Fsp3) is 0.333. The molecule has 0 heterocycles. The molecule has 1 rings (SSSR count). The molecule has 14 heavy (non-hydrogen) atoms. The molecule has 2 N–H and O–H groups in total. The smallest absolute Gasteiger partial charge is 0.0630 e. The second kappa shape index (κ2) is 5.45. The van der Waals surface area contributed by atoms with E-state index in [4.69, 9.17) is 5.84 Å². The lowest BCUT2D eigenvalue weighted by atomic mass is 10.1. The molecule has 0 fully saturated rings. The number of para-hydroxylation sites is 1. The van der Waals surface area contributed by atoms with Gasteiger partial charge in [0.2, 0.25) is 0 Å². The lowest BCUT2D eigenvalue weighted by Gasteiger charge is -2.26. The normalized spacial score (nSPS) is 12.1. The van der Waals surface area contributed by atoms with Gasteiger partial charge in [0, 0.05) is 0 Å². The van der Waals surface area contributed by atoms with Crippen LogP contribution in [0.5, 0.6) is 0 Å². The summed E-state index contributed by atoms with van der Waals surface area (Å²) in [5.74, 6) is 6.00. The zero-order valence-corrected chi connectivity index (χ0v) is 8.69. The second-order valence-electron chi connectivity index (χ2n) is 3.33. The maximum absolute atomic E-state index is 6.00. The van der Waals surface area contributed by atoms with Gasteiger partial charge in [0.1, 0.15) is 0 Å². The fourth-order valence-corrected chi connectivity index (χ4v) is 1.46. The Morgan fingerprint density at radius 1 is 1.43 bits per heavy atom. The molecular formula is C12H18N2. The van der Waals surface area contributed by atoms with Gasteiger partial charge in [-0.25, -0.2) is 5.84 Å². The monoisotopic (exact) mass is 190 g/mol. The zero-order valence-electron chi connectivity index (χ0n) is 8.69. The van der Waals surface area contributed by atoms with Gasteiger partial charge in [-0.2, -0.15) is 0 Å². The van der Waals surface area contributed by atoms with E-state index in [1.54, 1.807) is 5.01 Å². The Kier molecular flexibility index (Phi) is 4.20. The lowest BCUT2D eigenvalue weighted by Crippen LogP contribution is -2.39. The topological polar surface area (TPSA) is 29.3 Å². The minimum absolute atomic E-state index is 0.224. The summed E-state index contributed by atoms with van der Waals surface area (Å²) in [6.45, 7) is 5.95. The van der Waals surface area contributed by atoms with Gasteiger partial charge in [-0.05, 0) is 18.6 Å². The van der Waals surface area contributed by atoms with Gasteiger partial charge in [-0.1, -0.05) is 37.6 Å². The summed E-state index contributed by atoms with van der Waals surface area (Å²) in [6.07, 6.45) is 4.04. The molecule has 0 aliphatic carbocycles. The third kappa shape index (κ3) is 2.60. The number of hydrazine groups is 1. The minimum Gasteiger partial charge on any atom is -0.304 e. The van der Waals surface area contributed by atoms with E-state index in [0.29, 0.717) is 0 Å². The van der Waals surface area contributed by atoms with E-state index in [0.717, 1.165) is 18.5 Å². The Balaban J connectivity index is 2.72. The standard InChI is InChI=1S/C12H18N2/c1-3-8-11(4-2)14(13)12-9-6-5-7-10-12/h4-7,9-11H,2-3,8,13H2,1H3/t11-/m0/s1. The maximum atomic E-state index is 6.00. The van der Waals surface area contributed by atoms with Crippen LogP contribution >= 0.6 is 0 Å². The first-order valence-electron chi connectivity index (χ1n) is 5.01. The predicted molar refractivity (Wildman–Crippen MR) is 62.0 cm³/mol. The molecule has 76 valence electrons. The van der Waals surface area contributed by atoms with Crippen molar-refractivity contribution in [2.75, 3.05) is 5.01 Å². The van der Waals surface area contributed by atoms with E-state index >= 15 is 0 Å². The van der Waals surface area contributed by atoms with Gasteiger partial charge in [-0.3, -0.25) is 0 Å². The number of hydrogen-bond acceptors (Lipinski definition) is 2. The highest BCUT2D eigenvalue weighted by Crippen LogP contribution is 2.15. The van der Waals surface area contributed by atoms with Crippen LogP contribution in [0.2, 0.25) is 0 Å². The van der Waals surface area contributed by atoms with Crippen molar-refractivity contribution < 1.29 is 0 Å². The molecule has 0 saturated heterocycles. The van der Waals surface area contributed by atoms with Crippen molar-refractivity contribution in [2.24, 2.45) is 5.84 Å². The average Bonchev–Trinajstić information content (AvgIpc) is 2.26. The first-order valence-corrected chi connectivity index (χ1v) is 5.01. The Morgan fingerprint density at radius 3 is 2.57 bits per heavy atom. The third-order valence-electron chi connectivity index (χ3n) is 2.27. The van der Waals surface area contributed by atoms with Crippen molar-refractivity contribution in [1.29, 1.82) is 0 Å². The van der Waals surface area contributed by atoms with Crippen LogP contribution in [0.3, 0.4) is 0 Å². The molecule has 0 aliphatic rings. The highest BCUT2D eigenvalue weighted by atomic mass is 15.4. The Bertz CT molecular complexity index is 269. The molecule has 0 saturated carbocycles. The number of benzene rings is 1. The van der Waals surface area contributed by atoms with Gasteiger partial charge >= 0.3 is 0 Å². The molecule has 0 radical (unpaired) electrons. The predicted octanol–water partition coefficient (Wildman–Crippen LogP) is 2.72. The van der Waals surface area contributed by atoms with Crippen molar-refractivity contribution in [3.05, 3.63) is 43.0 Å². The highest BCUT2D eigenvalue weighted by molar-refractivity contribution is 5.46. The number of rotatable bonds is 5. The maximum Gasteiger partial charge on any atom is 0.0630 e. The summed E-state index contributed by atoms with van der Waals surface area (Å²) in [4.78, 5) is 0. The highest BCUT2D eigenvalue weighted by Gasteiger charge is 2.10. The Hall–Kier alpha value is -1.28. The minimum atomic E-state index is 0.224. The van der Waals surface area contributed by atoms with Gasteiger partial charge in [0.15, 0.2) is 0 Å². The van der Waals surface area contributed by atoms with Gasteiger partial charge in [0.25, 0.3) is 0 Å². The summed E-state index contributed by atoms with van der Waals surface area (Å²) >= 11 is 0. The summed E-state index contributed by atoms with van der Waals surface area (Å²) in [5.41, 5.74) is 1.03. The molecule has 0 spiro atoms. The van der Waals surface area contributed by atoms with E-state index in [1.165, 1.54) is 0 Å². The number of hydrogen-bond donors (Lipinski definition) is 1. The lowest BCUT2D eigenvalue weighted by molar-refractivity contribution is 0.640. The molecule has 1 atom stereocenters. The van der Waals surface area contributed by atoms with E-state index in [1.807, 2.05) is 36.4 Å². The molecule has 2 nitrogen and oxygen atoms in total. The summed E-state index contributed by atoms with van der Waals surface area (Å²) in [6, 6.07) is 10.2. The first-order chi connectivity index (χ1) is 6.79. The van der Waals surface area contributed by atoms with Crippen molar-refractivity contribution in [3.63, 3.8) is 0 Å². The SMILES string of the molecule is C=C[C@@H](CCC)N(N)c1ccccc1. The van der Waals surface area contributed by atoms with Gasteiger partial charge in [-0.15, -0.1) is 6.58 Å². The van der Waals surface area contributed by atoms with Crippen LogP contribution in [0.15, 0.2) is 43.0 Å². The van der Waals surface area contributed by atoms with Crippen molar-refractivity contribution >= 4 is 5.69 Å². The molecular weight excluding hydrogens is 172 g/mol. The number of nitrogens with zero attached hydrogens (tertiary/aromatic N) is 1. The van der Waals surface area contributed by atoms with Crippen molar-refractivity contribution in [1.82, 2.24) is 0 Å². The summed E-state index contributed by atoms with van der Waals surface area (Å²) in [7, 11) is 0. The van der Waals surface area contributed by atoms with Crippen LogP contribution in [0.1, 0.15) is 19.8 Å². The van der Waals surface area contributed by atoms with Crippen LogP contribution in [0, 0.1) is 0 Å². The van der Waals surface area contributed by atoms with Crippen LogP contribution in [0.4, 0.5) is 5.69 Å². The van der Waals surface area contributed by atoms with Crippen LogP contribution in [-0.2, 0) is 0 Å². The summed E-state index contributed by atoms with van der Waals surface area (Å²) < 4.78 is 0. The largest absolute Gasteiger partial charge is 0.304 e. The zero-order chi connectivity index (χ0) is 10.4. The molecule has 1 aromatic carbocycles. The Morgan fingerprint density at radius 2 is 2.07 bits per heavy atom. The molecule has 2 heteroatoms. The van der Waals surface area contributed by atoms with Crippen LogP contribution in [0.25, 0.3) is 0 Å². The average molecular weight is 190 g/mol. The third-order valence-corrected chi connectivity index (χ3v) is 2.27. The Labute approximate surface area is 86.0 Å². The van der Waals surface area contributed by atoms with Crippen LogP contribution in [-0.4, -0.2) is 6.04 Å². The number of anilines is 1. The quantitative estimate of drug-likeness (QED) is 0.439. The van der Waals surface area contributed by atoms with Crippen molar-refractivity contribution in [3.8, 4) is 0 Å². The molecule has 1 aromatic rings. The van der Waals surface area contributed by atoms with Gasteiger partial charge < -0.3 is 5.01 Å². The number of nitrogens with two attached hydrogens (primary N) is 1. The molecule has 0 unspecified atom stereocenters. The fourth-order valence-electron chi connectivity index (χ4n) is 1.46. The molecule has 0 aromatic heterocycles. The molecule has 0 bridgehead atoms. The summed E-state index contributed by atoms with van der Waals surface area (Å²) in [5, 5.41) is 1.77.